The van der Waals surface area contributed by atoms with Crippen LogP contribution in [0.5, 0.6) is 0 Å². The Morgan fingerprint density at radius 3 is 2.90 bits per heavy atom. The van der Waals surface area contributed by atoms with Gasteiger partial charge in [-0.05, 0) is 18.6 Å². The lowest BCUT2D eigenvalue weighted by Gasteiger charge is -2.10. The van der Waals surface area contributed by atoms with E-state index in [0.29, 0.717) is 6.42 Å². The molecule has 2 heterocycles. The van der Waals surface area contributed by atoms with Crippen molar-refractivity contribution in [3.05, 3.63) is 41.6 Å². The maximum Gasteiger partial charge on any atom is 0.225 e. The highest BCUT2D eigenvalue weighted by Gasteiger charge is 2.24. The van der Waals surface area contributed by atoms with Crippen molar-refractivity contribution >= 4 is 23.5 Å². The number of fused-ring (bicyclic) bond motifs is 1. The van der Waals surface area contributed by atoms with Gasteiger partial charge in [0.05, 0.1) is 11.4 Å². The molecule has 1 aromatic carbocycles. The first-order chi connectivity index (χ1) is 10.3. The third kappa shape index (κ3) is 2.97. The Morgan fingerprint density at radius 2 is 2.14 bits per heavy atom. The highest BCUT2D eigenvalue weighted by Crippen LogP contribution is 2.36. The maximum absolute atomic E-state index is 12.1. The van der Waals surface area contributed by atoms with Crippen molar-refractivity contribution in [3.8, 4) is 5.69 Å². The van der Waals surface area contributed by atoms with E-state index < -0.39 is 0 Å². The normalized spacial score (nSPS) is 13.2. The minimum atomic E-state index is 0.0774. The van der Waals surface area contributed by atoms with Crippen molar-refractivity contribution < 1.29 is 4.79 Å². The van der Waals surface area contributed by atoms with Gasteiger partial charge in [0.1, 0.15) is 5.82 Å². The molecule has 0 spiro atoms. The maximum atomic E-state index is 12.1. The fourth-order valence-electron chi connectivity index (χ4n) is 2.43. The van der Waals surface area contributed by atoms with Crippen LogP contribution in [0.4, 0.5) is 5.82 Å². The number of aromatic nitrogens is 2. The van der Waals surface area contributed by atoms with Gasteiger partial charge in [-0.1, -0.05) is 31.5 Å². The summed E-state index contributed by atoms with van der Waals surface area (Å²) >= 11 is 1.85. The summed E-state index contributed by atoms with van der Waals surface area (Å²) in [6.07, 6.45) is 2.51. The van der Waals surface area contributed by atoms with E-state index in [-0.39, 0.29) is 5.91 Å². The molecular formula is C16H19N3OS. The van der Waals surface area contributed by atoms with Crippen LogP contribution in [0.3, 0.4) is 0 Å². The number of anilines is 1. The monoisotopic (exact) mass is 301 g/mol. The first-order valence-electron chi connectivity index (χ1n) is 7.33. The van der Waals surface area contributed by atoms with Gasteiger partial charge >= 0.3 is 0 Å². The summed E-state index contributed by atoms with van der Waals surface area (Å²) in [5.74, 6) is 2.77. The molecule has 1 aliphatic rings. The second-order valence-electron chi connectivity index (χ2n) is 5.17. The van der Waals surface area contributed by atoms with Gasteiger partial charge in [0.25, 0.3) is 0 Å². The second kappa shape index (κ2) is 6.35. The zero-order valence-corrected chi connectivity index (χ0v) is 12.9. The lowest BCUT2D eigenvalue weighted by atomic mass is 10.2. The molecule has 1 amide bonds. The van der Waals surface area contributed by atoms with E-state index in [0.717, 1.165) is 41.5 Å². The molecular weight excluding hydrogens is 282 g/mol. The van der Waals surface area contributed by atoms with E-state index in [1.165, 1.54) is 5.56 Å². The molecule has 0 unspecified atom stereocenters. The number of hydrogen-bond donors (Lipinski definition) is 1. The topological polar surface area (TPSA) is 46.9 Å². The van der Waals surface area contributed by atoms with Crippen LogP contribution in [0.1, 0.15) is 37.4 Å². The largest absolute Gasteiger partial charge is 0.310 e. The lowest BCUT2D eigenvalue weighted by molar-refractivity contribution is -0.116. The third-order valence-corrected chi connectivity index (χ3v) is 4.54. The molecule has 0 radical (unpaired) electrons. The summed E-state index contributed by atoms with van der Waals surface area (Å²) in [5.41, 5.74) is 3.26. The smallest absolute Gasteiger partial charge is 0.225 e. The van der Waals surface area contributed by atoms with E-state index in [4.69, 9.17) is 0 Å². The van der Waals surface area contributed by atoms with Gasteiger partial charge in [-0.2, -0.15) is 16.9 Å². The highest BCUT2D eigenvalue weighted by molar-refractivity contribution is 7.98. The number of nitrogens with zero attached hydrogens (tertiary/aromatic N) is 2. The van der Waals surface area contributed by atoms with Crippen LogP contribution in [-0.4, -0.2) is 15.7 Å². The van der Waals surface area contributed by atoms with Crippen molar-refractivity contribution in [2.45, 2.75) is 37.7 Å². The molecule has 0 saturated carbocycles. The molecule has 110 valence electrons. The Hall–Kier alpha value is -1.75. The average molecular weight is 301 g/mol. The minimum Gasteiger partial charge on any atom is -0.310 e. The molecule has 5 heteroatoms. The number of carbonyl (C=O) groups excluding carboxylic acids is 1. The molecule has 0 bridgehead atoms. The van der Waals surface area contributed by atoms with Crippen LogP contribution < -0.4 is 5.32 Å². The summed E-state index contributed by atoms with van der Waals surface area (Å²) in [6.45, 7) is 2.09. The quantitative estimate of drug-likeness (QED) is 0.915. The third-order valence-electron chi connectivity index (χ3n) is 3.57. The Kier molecular flexibility index (Phi) is 4.29. The second-order valence-corrected chi connectivity index (χ2v) is 6.15. The molecule has 1 aliphatic heterocycles. The zero-order valence-electron chi connectivity index (χ0n) is 12.1. The molecule has 2 aromatic rings. The summed E-state index contributed by atoms with van der Waals surface area (Å²) in [7, 11) is 0. The number of thioether (sulfide) groups is 1. The van der Waals surface area contributed by atoms with Crippen molar-refractivity contribution in [3.63, 3.8) is 0 Å². The fraction of sp³-hybridized carbons (Fsp3) is 0.375. The SMILES string of the molecule is CCCCC(=O)Nc1c2c(nn1-c1ccccc1)CSC2. The van der Waals surface area contributed by atoms with Crippen LogP contribution >= 0.6 is 11.8 Å². The van der Waals surface area contributed by atoms with Gasteiger partial charge in [0.15, 0.2) is 0 Å². The van der Waals surface area contributed by atoms with E-state index in [1.54, 1.807) is 0 Å². The molecule has 1 aromatic heterocycles. The van der Waals surface area contributed by atoms with Gasteiger partial charge < -0.3 is 5.32 Å². The number of amides is 1. The van der Waals surface area contributed by atoms with E-state index in [9.17, 15) is 4.79 Å². The van der Waals surface area contributed by atoms with E-state index in [2.05, 4.69) is 17.3 Å². The van der Waals surface area contributed by atoms with Gasteiger partial charge in [0, 0.05) is 23.5 Å². The molecule has 21 heavy (non-hydrogen) atoms. The predicted molar refractivity (Wildman–Crippen MR) is 86.7 cm³/mol. The van der Waals surface area contributed by atoms with Crippen LogP contribution in [0.2, 0.25) is 0 Å². The van der Waals surface area contributed by atoms with Gasteiger partial charge in [-0.25, -0.2) is 4.68 Å². The zero-order chi connectivity index (χ0) is 14.7. The highest BCUT2D eigenvalue weighted by atomic mass is 32.2. The average Bonchev–Trinajstić information content (AvgIpc) is 3.09. The molecule has 0 fully saturated rings. The fourth-order valence-corrected chi connectivity index (χ4v) is 3.46. The van der Waals surface area contributed by atoms with Crippen molar-refractivity contribution in [2.24, 2.45) is 0 Å². The lowest BCUT2D eigenvalue weighted by Crippen LogP contribution is -2.15. The minimum absolute atomic E-state index is 0.0774. The Labute approximate surface area is 128 Å². The molecule has 3 rings (SSSR count). The Morgan fingerprint density at radius 1 is 1.33 bits per heavy atom. The number of para-hydroxylation sites is 1. The van der Waals surface area contributed by atoms with Crippen molar-refractivity contribution in [2.75, 3.05) is 5.32 Å². The standard InChI is InChI=1S/C16H19N3OS/c1-2-3-9-15(20)17-16-13-10-21-11-14(13)18-19(16)12-7-5-4-6-8-12/h4-8H,2-3,9-11H2,1H3,(H,17,20). The predicted octanol–water partition coefficient (Wildman–Crippen LogP) is 3.75. The first kappa shape index (κ1) is 14.2. The van der Waals surface area contributed by atoms with Crippen LogP contribution in [-0.2, 0) is 16.3 Å². The van der Waals surface area contributed by atoms with Gasteiger partial charge in [-0.3, -0.25) is 4.79 Å². The summed E-state index contributed by atoms with van der Waals surface area (Å²) in [6, 6.07) is 9.98. The van der Waals surface area contributed by atoms with Gasteiger partial charge in [0.2, 0.25) is 5.91 Å². The number of rotatable bonds is 5. The summed E-state index contributed by atoms with van der Waals surface area (Å²) in [5, 5.41) is 7.75. The van der Waals surface area contributed by atoms with E-state index in [1.807, 2.05) is 46.8 Å². The number of nitrogens with one attached hydrogen (secondary N) is 1. The Bertz CT molecular complexity index is 636. The summed E-state index contributed by atoms with van der Waals surface area (Å²) < 4.78 is 1.87. The number of hydrogen-bond acceptors (Lipinski definition) is 3. The van der Waals surface area contributed by atoms with E-state index >= 15 is 0 Å². The van der Waals surface area contributed by atoms with Crippen LogP contribution in [0.15, 0.2) is 30.3 Å². The molecule has 4 nitrogen and oxygen atoms in total. The molecule has 0 atom stereocenters. The van der Waals surface area contributed by atoms with Crippen LogP contribution in [0.25, 0.3) is 5.69 Å². The molecule has 1 N–H and O–H groups in total. The van der Waals surface area contributed by atoms with Crippen molar-refractivity contribution in [1.29, 1.82) is 0 Å². The number of carbonyl (C=O) groups is 1. The first-order valence-corrected chi connectivity index (χ1v) is 8.49. The summed E-state index contributed by atoms with van der Waals surface area (Å²) in [4.78, 5) is 12.1. The van der Waals surface area contributed by atoms with Crippen LogP contribution in [0, 0.1) is 0 Å². The van der Waals surface area contributed by atoms with Crippen molar-refractivity contribution in [1.82, 2.24) is 9.78 Å². The molecule has 0 saturated heterocycles. The Balaban J connectivity index is 1.92. The number of benzene rings is 1. The number of unbranched alkanes of at least 4 members (excludes halogenated alkanes) is 1. The molecule has 0 aliphatic carbocycles. The van der Waals surface area contributed by atoms with Gasteiger partial charge in [-0.15, -0.1) is 0 Å².